The summed E-state index contributed by atoms with van der Waals surface area (Å²) in [5.41, 5.74) is 1.63. The van der Waals surface area contributed by atoms with Crippen LogP contribution in [0, 0.1) is 0 Å². The van der Waals surface area contributed by atoms with Gasteiger partial charge in [-0.05, 0) is 23.8 Å². The Morgan fingerprint density at radius 2 is 2.00 bits per heavy atom. The van der Waals surface area contributed by atoms with Gasteiger partial charge >= 0.3 is 0 Å². The van der Waals surface area contributed by atoms with Gasteiger partial charge in [-0.3, -0.25) is 0 Å². The molecular weight excluding hydrogens is 192 g/mol. The van der Waals surface area contributed by atoms with Gasteiger partial charge in [0, 0.05) is 12.4 Å². The largest absolute Gasteiger partial charge is 0.393 e. The first-order valence-corrected chi connectivity index (χ1v) is 4.70. The zero-order chi connectivity index (χ0) is 10.7. The molecule has 0 aliphatic rings. The number of aliphatic hydroxyl groups excluding tert-OH is 2. The predicted molar refractivity (Wildman–Crippen MR) is 55.6 cm³/mol. The van der Waals surface area contributed by atoms with Gasteiger partial charge < -0.3 is 10.2 Å². The standard InChI is InChI=1S/C11H12N2O2/c14-8-11(15)9-2-4-10(5-3-9)13-7-1-6-12-13/h1-7,11,14-15H,8H2. The third-order valence-corrected chi connectivity index (χ3v) is 2.22. The third kappa shape index (κ3) is 2.06. The molecule has 1 unspecified atom stereocenters. The van der Waals surface area contributed by atoms with E-state index in [4.69, 9.17) is 5.11 Å². The van der Waals surface area contributed by atoms with Crippen molar-refractivity contribution in [2.75, 3.05) is 6.61 Å². The lowest BCUT2D eigenvalue weighted by atomic mass is 10.1. The summed E-state index contributed by atoms with van der Waals surface area (Å²) >= 11 is 0. The molecule has 2 N–H and O–H groups in total. The van der Waals surface area contributed by atoms with Crippen molar-refractivity contribution in [1.29, 1.82) is 0 Å². The molecule has 0 bridgehead atoms. The molecular formula is C11H12N2O2. The molecule has 0 fully saturated rings. The van der Waals surface area contributed by atoms with Gasteiger partial charge in [-0.15, -0.1) is 0 Å². The molecule has 1 heterocycles. The van der Waals surface area contributed by atoms with Crippen molar-refractivity contribution in [3.8, 4) is 5.69 Å². The van der Waals surface area contributed by atoms with E-state index in [1.54, 1.807) is 23.0 Å². The second-order valence-corrected chi connectivity index (χ2v) is 3.24. The topological polar surface area (TPSA) is 58.3 Å². The Morgan fingerprint density at radius 1 is 1.27 bits per heavy atom. The van der Waals surface area contributed by atoms with Crippen LogP contribution in [-0.4, -0.2) is 26.6 Å². The Balaban J connectivity index is 2.25. The van der Waals surface area contributed by atoms with Crippen LogP contribution in [0.4, 0.5) is 0 Å². The first kappa shape index (κ1) is 9.89. The Hall–Kier alpha value is -1.65. The molecule has 0 amide bonds. The fraction of sp³-hybridized carbons (Fsp3) is 0.182. The van der Waals surface area contributed by atoms with Gasteiger partial charge in [-0.2, -0.15) is 5.10 Å². The van der Waals surface area contributed by atoms with Gasteiger partial charge in [0.1, 0.15) is 6.10 Å². The molecule has 1 aromatic heterocycles. The lowest BCUT2D eigenvalue weighted by Gasteiger charge is -2.08. The van der Waals surface area contributed by atoms with Crippen molar-refractivity contribution in [1.82, 2.24) is 9.78 Å². The SMILES string of the molecule is OCC(O)c1ccc(-n2cccn2)cc1. The molecule has 78 valence electrons. The number of benzene rings is 1. The number of nitrogens with zero attached hydrogens (tertiary/aromatic N) is 2. The summed E-state index contributed by atoms with van der Waals surface area (Å²) in [6.45, 7) is -0.263. The van der Waals surface area contributed by atoms with Gasteiger partial charge in [-0.1, -0.05) is 12.1 Å². The minimum absolute atomic E-state index is 0.263. The third-order valence-electron chi connectivity index (χ3n) is 2.22. The molecule has 0 saturated carbocycles. The van der Waals surface area contributed by atoms with Crippen molar-refractivity contribution in [2.24, 2.45) is 0 Å². The summed E-state index contributed by atoms with van der Waals surface area (Å²) in [6, 6.07) is 9.09. The van der Waals surface area contributed by atoms with E-state index in [1.807, 2.05) is 24.4 Å². The number of hydrogen-bond donors (Lipinski definition) is 2. The van der Waals surface area contributed by atoms with Crippen molar-refractivity contribution >= 4 is 0 Å². The molecule has 1 aromatic carbocycles. The van der Waals surface area contributed by atoms with Crippen LogP contribution in [0.15, 0.2) is 42.7 Å². The van der Waals surface area contributed by atoms with Crippen LogP contribution in [0.25, 0.3) is 5.69 Å². The van der Waals surface area contributed by atoms with Crippen LogP contribution in [0.5, 0.6) is 0 Å². The molecule has 4 nitrogen and oxygen atoms in total. The monoisotopic (exact) mass is 204 g/mol. The van der Waals surface area contributed by atoms with Crippen LogP contribution in [-0.2, 0) is 0 Å². The number of rotatable bonds is 3. The lowest BCUT2D eigenvalue weighted by molar-refractivity contribution is 0.0956. The molecule has 2 aromatic rings. The van der Waals surface area contributed by atoms with E-state index >= 15 is 0 Å². The summed E-state index contributed by atoms with van der Waals surface area (Å²) < 4.78 is 1.73. The number of aromatic nitrogens is 2. The maximum atomic E-state index is 9.38. The van der Waals surface area contributed by atoms with Gasteiger partial charge in [0.2, 0.25) is 0 Å². The lowest BCUT2D eigenvalue weighted by Crippen LogP contribution is -2.02. The summed E-state index contributed by atoms with van der Waals surface area (Å²) in [7, 11) is 0. The fourth-order valence-electron chi connectivity index (χ4n) is 1.38. The zero-order valence-corrected chi connectivity index (χ0v) is 8.11. The van der Waals surface area contributed by atoms with E-state index < -0.39 is 6.10 Å². The van der Waals surface area contributed by atoms with Crippen LogP contribution in [0.1, 0.15) is 11.7 Å². The second kappa shape index (κ2) is 4.25. The summed E-state index contributed by atoms with van der Waals surface area (Å²) in [5, 5.41) is 22.2. The average Bonchev–Trinajstić information content (AvgIpc) is 2.82. The Labute approximate surface area is 87.4 Å². The smallest absolute Gasteiger partial charge is 0.102 e. The van der Waals surface area contributed by atoms with E-state index in [9.17, 15) is 5.11 Å². The van der Waals surface area contributed by atoms with E-state index in [-0.39, 0.29) is 6.61 Å². The van der Waals surface area contributed by atoms with Crippen molar-refractivity contribution < 1.29 is 10.2 Å². The minimum Gasteiger partial charge on any atom is -0.393 e. The summed E-state index contributed by atoms with van der Waals surface area (Å²) in [6.07, 6.45) is 2.74. The highest BCUT2D eigenvalue weighted by Gasteiger charge is 2.05. The Bertz CT molecular complexity index is 409. The summed E-state index contributed by atoms with van der Waals surface area (Å²) in [5.74, 6) is 0. The van der Waals surface area contributed by atoms with Gasteiger partial charge in [0.25, 0.3) is 0 Å². The normalized spacial score (nSPS) is 12.7. The van der Waals surface area contributed by atoms with Crippen LogP contribution in [0.3, 0.4) is 0 Å². The number of aliphatic hydroxyl groups is 2. The zero-order valence-electron chi connectivity index (χ0n) is 8.11. The number of hydrogen-bond acceptors (Lipinski definition) is 3. The molecule has 1 atom stereocenters. The highest BCUT2D eigenvalue weighted by Crippen LogP contribution is 2.14. The molecule has 0 radical (unpaired) electrons. The van der Waals surface area contributed by atoms with E-state index in [2.05, 4.69) is 5.10 Å². The molecule has 0 saturated heterocycles. The molecule has 4 heteroatoms. The molecule has 0 spiro atoms. The highest BCUT2D eigenvalue weighted by atomic mass is 16.3. The van der Waals surface area contributed by atoms with Gasteiger partial charge in [-0.25, -0.2) is 4.68 Å². The first-order chi connectivity index (χ1) is 7.31. The van der Waals surface area contributed by atoms with Crippen LogP contribution in [0.2, 0.25) is 0 Å². The predicted octanol–water partition coefficient (Wildman–Crippen LogP) is 0.898. The average molecular weight is 204 g/mol. The first-order valence-electron chi connectivity index (χ1n) is 4.70. The minimum atomic E-state index is -0.809. The highest BCUT2D eigenvalue weighted by molar-refractivity contribution is 5.34. The molecule has 0 aliphatic carbocycles. The van der Waals surface area contributed by atoms with Gasteiger partial charge in [0.15, 0.2) is 0 Å². The maximum Gasteiger partial charge on any atom is 0.102 e. The van der Waals surface area contributed by atoms with Gasteiger partial charge in [0.05, 0.1) is 12.3 Å². The Kier molecular flexibility index (Phi) is 2.80. The van der Waals surface area contributed by atoms with E-state index in [0.717, 1.165) is 5.69 Å². The quantitative estimate of drug-likeness (QED) is 0.780. The molecule has 2 rings (SSSR count). The fourth-order valence-corrected chi connectivity index (χ4v) is 1.38. The van der Waals surface area contributed by atoms with Crippen molar-refractivity contribution in [3.63, 3.8) is 0 Å². The van der Waals surface area contributed by atoms with Crippen LogP contribution < -0.4 is 0 Å². The van der Waals surface area contributed by atoms with Crippen molar-refractivity contribution in [2.45, 2.75) is 6.10 Å². The molecule has 0 aliphatic heterocycles. The maximum absolute atomic E-state index is 9.38. The summed E-state index contributed by atoms with van der Waals surface area (Å²) in [4.78, 5) is 0. The van der Waals surface area contributed by atoms with E-state index in [1.165, 1.54) is 0 Å². The van der Waals surface area contributed by atoms with Crippen molar-refractivity contribution in [3.05, 3.63) is 48.3 Å². The van der Waals surface area contributed by atoms with E-state index in [0.29, 0.717) is 5.56 Å². The molecule has 15 heavy (non-hydrogen) atoms. The Morgan fingerprint density at radius 3 is 2.53 bits per heavy atom. The second-order valence-electron chi connectivity index (χ2n) is 3.24. The van der Waals surface area contributed by atoms with Crippen LogP contribution >= 0.6 is 0 Å².